The summed E-state index contributed by atoms with van der Waals surface area (Å²) < 4.78 is 13.8. The van der Waals surface area contributed by atoms with Crippen molar-refractivity contribution in [3.05, 3.63) is 94.8 Å². The van der Waals surface area contributed by atoms with E-state index in [1.165, 1.54) is 17.9 Å². The van der Waals surface area contributed by atoms with Crippen molar-refractivity contribution in [2.75, 3.05) is 5.32 Å². The summed E-state index contributed by atoms with van der Waals surface area (Å²) in [5.74, 6) is -1.39. The average Bonchev–Trinajstić information content (AvgIpc) is 3.40. The summed E-state index contributed by atoms with van der Waals surface area (Å²) in [7, 11) is 1.73. The van der Waals surface area contributed by atoms with Crippen LogP contribution in [0.5, 0.6) is 0 Å². The zero-order chi connectivity index (χ0) is 23.5. The van der Waals surface area contributed by atoms with Gasteiger partial charge in [-0.2, -0.15) is 0 Å². The van der Waals surface area contributed by atoms with Crippen molar-refractivity contribution in [3.8, 4) is 16.8 Å². The maximum atomic E-state index is 13.0. The Morgan fingerprint density at radius 2 is 1.64 bits per heavy atom. The van der Waals surface area contributed by atoms with Gasteiger partial charge in [-0.1, -0.05) is 48.5 Å². The van der Waals surface area contributed by atoms with Gasteiger partial charge < -0.3 is 14.5 Å². The predicted molar refractivity (Wildman–Crippen MR) is 123 cm³/mol. The van der Waals surface area contributed by atoms with Crippen LogP contribution in [0.3, 0.4) is 0 Å². The number of carbonyl (C=O) groups excluding carboxylic acids is 2. The van der Waals surface area contributed by atoms with Crippen LogP contribution in [0.25, 0.3) is 16.8 Å². The second kappa shape index (κ2) is 9.04. The summed E-state index contributed by atoms with van der Waals surface area (Å²) >= 11 is 0. The standard InChI is InChI=1S/C25H23N3O5/c1-16-21(24(30)28(27(16)3)19-12-8-5-9-13-19)26-23(29)17(2)33-25(31)22-20(14-15-32-22)18-10-6-4-7-11-18/h4-15,17H,1-3H3,(H,26,29). The lowest BCUT2D eigenvalue weighted by Crippen LogP contribution is -2.32. The normalized spacial score (nSPS) is 11.7. The van der Waals surface area contributed by atoms with Crippen LogP contribution in [-0.4, -0.2) is 27.3 Å². The van der Waals surface area contributed by atoms with Gasteiger partial charge in [-0.15, -0.1) is 0 Å². The molecule has 0 aliphatic heterocycles. The quantitative estimate of drug-likeness (QED) is 0.454. The van der Waals surface area contributed by atoms with Crippen molar-refractivity contribution in [3.63, 3.8) is 0 Å². The largest absolute Gasteiger partial charge is 0.457 e. The van der Waals surface area contributed by atoms with Crippen molar-refractivity contribution in [1.82, 2.24) is 9.36 Å². The molecule has 0 aliphatic carbocycles. The maximum Gasteiger partial charge on any atom is 0.375 e. The van der Waals surface area contributed by atoms with Gasteiger partial charge in [-0.25, -0.2) is 9.48 Å². The van der Waals surface area contributed by atoms with E-state index in [0.29, 0.717) is 16.9 Å². The molecule has 0 spiro atoms. The van der Waals surface area contributed by atoms with Crippen LogP contribution in [0.15, 0.2) is 82.2 Å². The second-order valence-electron chi connectivity index (χ2n) is 7.50. The molecule has 168 valence electrons. The van der Waals surface area contributed by atoms with E-state index in [9.17, 15) is 14.4 Å². The zero-order valence-electron chi connectivity index (χ0n) is 18.4. The van der Waals surface area contributed by atoms with Gasteiger partial charge in [0.15, 0.2) is 6.10 Å². The molecule has 0 bridgehead atoms. The fourth-order valence-corrected chi connectivity index (χ4v) is 3.52. The number of hydrogen-bond acceptors (Lipinski definition) is 5. The van der Waals surface area contributed by atoms with E-state index in [0.717, 1.165) is 5.56 Å². The monoisotopic (exact) mass is 445 g/mol. The molecule has 0 saturated heterocycles. The maximum absolute atomic E-state index is 13.0. The number of benzene rings is 2. The van der Waals surface area contributed by atoms with Crippen LogP contribution in [0.4, 0.5) is 5.69 Å². The van der Waals surface area contributed by atoms with Crippen LogP contribution in [0, 0.1) is 6.92 Å². The van der Waals surface area contributed by atoms with Gasteiger partial charge >= 0.3 is 5.97 Å². The summed E-state index contributed by atoms with van der Waals surface area (Å²) in [6, 6.07) is 20.0. The summed E-state index contributed by atoms with van der Waals surface area (Å²) in [5.41, 5.74) is 2.32. The summed E-state index contributed by atoms with van der Waals surface area (Å²) in [6.45, 7) is 3.16. The first-order valence-electron chi connectivity index (χ1n) is 10.4. The molecular weight excluding hydrogens is 422 g/mol. The predicted octanol–water partition coefficient (Wildman–Crippen LogP) is 3.93. The van der Waals surface area contributed by atoms with E-state index in [1.807, 2.05) is 48.5 Å². The Bertz CT molecular complexity index is 1350. The van der Waals surface area contributed by atoms with E-state index in [2.05, 4.69) is 5.32 Å². The zero-order valence-corrected chi connectivity index (χ0v) is 18.4. The highest BCUT2D eigenvalue weighted by Crippen LogP contribution is 2.25. The Morgan fingerprint density at radius 1 is 1.00 bits per heavy atom. The number of nitrogens with zero attached hydrogens (tertiary/aromatic N) is 2. The third kappa shape index (κ3) is 4.23. The topological polar surface area (TPSA) is 95.5 Å². The van der Waals surface area contributed by atoms with Gasteiger partial charge in [0.25, 0.3) is 11.5 Å². The molecule has 8 nitrogen and oxygen atoms in total. The molecule has 2 aromatic carbocycles. The Hall–Kier alpha value is -4.33. The van der Waals surface area contributed by atoms with Crippen LogP contribution in [-0.2, 0) is 16.6 Å². The number of furan rings is 1. The van der Waals surface area contributed by atoms with E-state index < -0.39 is 18.0 Å². The lowest BCUT2D eigenvalue weighted by atomic mass is 10.1. The minimum Gasteiger partial charge on any atom is -0.457 e. The van der Waals surface area contributed by atoms with Crippen LogP contribution in [0.1, 0.15) is 23.2 Å². The molecule has 2 aromatic heterocycles. The highest BCUT2D eigenvalue weighted by molar-refractivity contribution is 5.99. The van der Waals surface area contributed by atoms with E-state index in [1.54, 1.807) is 36.9 Å². The SMILES string of the molecule is Cc1c(NC(=O)C(C)OC(=O)c2occc2-c2ccccc2)c(=O)n(-c2ccccc2)n1C. The lowest BCUT2D eigenvalue weighted by Gasteiger charge is -2.12. The molecule has 0 radical (unpaired) electrons. The van der Waals surface area contributed by atoms with Gasteiger partial charge in [-0.3, -0.25) is 14.3 Å². The number of rotatable bonds is 6. The summed E-state index contributed by atoms with van der Waals surface area (Å²) in [6.07, 6.45) is 0.235. The van der Waals surface area contributed by atoms with Crippen molar-refractivity contribution >= 4 is 17.6 Å². The van der Waals surface area contributed by atoms with Gasteiger partial charge in [0, 0.05) is 12.6 Å². The molecule has 1 amide bonds. The van der Waals surface area contributed by atoms with Crippen molar-refractivity contribution < 1.29 is 18.7 Å². The molecule has 2 heterocycles. The van der Waals surface area contributed by atoms with Gasteiger partial charge in [0.1, 0.15) is 5.69 Å². The first-order valence-corrected chi connectivity index (χ1v) is 10.4. The third-order valence-electron chi connectivity index (χ3n) is 5.39. The summed E-state index contributed by atoms with van der Waals surface area (Å²) in [4.78, 5) is 38.4. The Kier molecular flexibility index (Phi) is 5.99. The van der Waals surface area contributed by atoms with Gasteiger partial charge in [0.2, 0.25) is 5.76 Å². The number of aromatic nitrogens is 2. The number of ether oxygens (including phenoxy) is 1. The van der Waals surface area contributed by atoms with Crippen LogP contribution in [0.2, 0.25) is 0 Å². The Morgan fingerprint density at radius 3 is 2.30 bits per heavy atom. The highest BCUT2D eigenvalue weighted by atomic mass is 16.6. The molecule has 1 atom stereocenters. The Labute approximate surface area is 190 Å². The van der Waals surface area contributed by atoms with Gasteiger partial charge in [-0.05, 0) is 37.6 Å². The molecule has 4 aromatic rings. The molecule has 0 fully saturated rings. The summed E-state index contributed by atoms with van der Waals surface area (Å²) in [5, 5.41) is 2.61. The molecular formula is C25H23N3O5. The first-order chi connectivity index (χ1) is 15.9. The molecule has 0 saturated carbocycles. The van der Waals surface area contributed by atoms with Crippen LogP contribution >= 0.6 is 0 Å². The van der Waals surface area contributed by atoms with Crippen LogP contribution < -0.4 is 10.9 Å². The van der Waals surface area contributed by atoms with Crippen molar-refractivity contribution in [2.24, 2.45) is 7.05 Å². The van der Waals surface area contributed by atoms with Crippen molar-refractivity contribution in [1.29, 1.82) is 0 Å². The number of hydrogen-bond donors (Lipinski definition) is 1. The number of nitrogens with one attached hydrogen (secondary N) is 1. The molecule has 1 N–H and O–H groups in total. The highest BCUT2D eigenvalue weighted by Gasteiger charge is 2.26. The van der Waals surface area contributed by atoms with Crippen molar-refractivity contribution in [2.45, 2.75) is 20.0 Å². The van der Waals surface area contributed by atoms with Gasteiger partial charge in [0.05, 0.1) is 17.6 Å². The fraction of sp³-hybridized carbons (Fsp3) is 0.160. The lowest BCUT2D eigenvalue weighted by molar-refractivity contribution is -0.123. The third-order valence-corrected chi connectivity index (χ3v) is 5.39. The Balaban J connectivity index is 1.51. The molecule has 4 rings (SSSR count). The number of esters is 1. The van der Waals surface area contributed by atoms with E-state index >= 15 is 0 Å². The number of para-hydroxylation sites is 1. The average molecular weight is 445 g/mol. The molecule has 0 aliphatic rings. The fourth-order valence-electron chi connectivity index (χ4n) is 3.52. The minimum absolute atomic E-state index is 0.00294. The number of anilines is 1. The smallest absolute Gasteiger partial charge is 0.375 e. The van der Waals surface area contributed by atoms with E-state index in [-0.39, 0.29) is 17.0 Å². The number of carbonyl (C=O) groups is 2. The molecule has 33 heavy (non-hydrogen) atoms. The number of amides is 1. The molecule has 8 heteroatoms. The molecule has 1 unspecified atom stereocenters. The van der Waals surface area contributed by atoms with E-state index in [4.69, 9.17) is 9.15 Å². The first kappa shape index (κ1) is 21.9. The minimum atomic E-state index is -1.16. The second-order valence-corrected chi connectivity index (χ2v) is 7.50.